The molecule has 1 aliphatic carbocycles. The number of hydrogen-bond acceptors (Lipinski definition) is 5. The molecule has 0 unspecified atom stereocenters. The molecule has 1 N–H and O–H groups in total. The Labute approximate surface area is 220 Å². The minimum atomic E-state index is -0.381. The van der Waals surface area contributed by atoms with Gasteiger partial charge in [-0.15, -0.1) is 0 Å². The van der Waals surface area contributed by atoms with E-state index in [4.69, 9.17) is 4.74 Å². The molecule has 1 aliphatic heterocycles. The summed E-state index contributed by atoms with van der Waals surface area (Å²) in [4.78, 5) is 36.6. The second kappa shape index (κ2) is 11.3. The standard InChI is InChI=1S/C29H39N5O3/c1-30-18-19-31-26(35)21-34-27(36)33(20-23-10-12-25(37-4)13-11-23)22-28(34)14-16-29(17-15-28,32(2)3)24-8-6-5-7-9-24/h5-13,18H,14-17,19-22H2,1-4H3,(H,31,35)/b30-18+/t28-,29+. The van der Waals surface area contributed by atoms with Crippen LogP contribution >= 0.6 is 0 Å². The molecule has 4 rings (SSSR count). The van der Waals surface area contributed by atoms with Gasteiger partial charge in [0.2, 0.25) is 5.91 Å². The van der Waals surface area contributed by atoms with Crippen LogP contribution in [0.1, 0.15) is 36.8 Å². The predicted molar refractivity (Wildman–Crippen MR) is 146 cm³/mol. The highest BCUT2D eigenvalue weighted by atomic mass is 16.5. The number of hydrogen-bond donors (Lipinski definition) is 1. The molecule has 198 valence electrons. The molecule has 0 radical (unpaired) electrons. The molecule has 1 saturated carbocycles. The lowest BCUT2D eigenvalue weighted by molar-refractivity contribution is -0.122. The average molecular weight is 506 g/mol. The number of rotatable bonds is 9. The van der Waals surface area contributed by atoms with Gasteiger partial charge in [-0.25, -0.2) is 4.79 Å². The SMILES string of the molecule is C/N=C/CNC(=O)CN1C(=O)N(Cc2ccc(OC)cc2)C[C@]12CC[C@](c1ccccc1)(N(C)C)CC2. The average Bonchev–Trinajstić information content (AvgIpc) is 3.15. The van der Waals surface area contributed by atoms with Crippen molar-refractivity contribution in [2.75, 3.05) is 47.9 Å². The number of methoxy groups -OCH3 is 1. The van der Waals surface area contributed by atoms with Gasteiger partial charge in [0.1, 0.15) is 12.3 Å². The first-order valence-electron chi connectivity index (χ1n) is 12.9. The van der Waals surface area contributed by atoms with Gasteiger partial charge in [-0.1, -0.05) is 42.5 Å². The molecule has 1 spiro atoms. The van der Waals surface area contributed by atoms with Gasteiger partial charge in [-0.3, -0.25) is 14.7 Å². The van der Waals surface area contributed by atoms with Crippen LogP contribution in [0.2, 0.25) is 0 Å². The Balaban J connectivity index is 1.58. The first-order chi connectivity index (χ1) is 17.8. The van der Waals surface area contributed by atoms with Crippen LogP contribution in [0.3, 0.4) is 0 Å². The number of nitrogens with one attached hydrogen (secondary N) is 1. The number of ether oxygens (including phenoxy) is 1. The largest absolute Gasteiger partial charge is 0.497 e. The van der Waals surface area contributed by atoms with Crippen molar-refractivity contribution in [3.8, 4) is 5.75 Å². The maximum absolute atomic E-state index is 13.7. The van der Waals surface area contributed by atoms with E-state index in [9.17, 15) is 9.59 Å². The van der Waals surface area contributed by atoms with E-state index in [2.05, 4.69) is 53.6 Å². The first-order valence-corrected chi connectivity index (χ1v) is 12.9. The highest BCUT2D eigenvalue weighted by Crippen LogP contribution is 2.49. The van der Waals surface area contributed by atoms with Gasteiger partial charge in [0.15, 0.2) is 0 Å². The molecule has 1 saturated heterocycles. The van der Waals surface area contributed by atoms with E-state index in [-0.39, 0.29) is 29.6 Å². The lowest BCUT2D eigenvalue weighted by Crippen LogP contribution is -2.57. The lowest BCUT2D eigenvalue weighted by atomic mass is 9.68. The summed E-state index contributed by atoms with van der Waals surface area (Å²) in [7, 11) is 7.60. The minimum Gasteiger partial charge on any atom is -0.497 e. The Kier molecular flexibility index (Phi) is 8.17. The fraction of sp³-hybridized carbons (Fsp3) is 0.483. The van der Waals surface area contributed by atoms with E-state index in [1.54, 1.807) is 20.4 Å². The molecule has 2 aliphatic rings. The van der Waals surface area contributed by atoms with Gasteiger partial charge in [0.05, 0.1) is 19.2 Å². The highest BCUT2D eigenvalue weighted by Gasteiger charge is 2.54. The normalized spacial score (nSPS) is 23.9. The van der Waals surface area contributed by atoms with Gasteiger partial charge in [0.25, 0.3) is 0 Å². The van der Waals surface area contributed by atoms with Gasteiger partial charge in [-0.05, 0) is 63.0 Å². The fourth-order valence-corrected chi connectivity index (χ4v) is 5.94. The Hall–Kier alpha value is -3.39. The van der Waals surface area contributed by atoms with Crippen molar-refractivity contribution in [2.24, 2.45) is 4.99 Å². The molecule has 2 fully saturated rings. The van der Waals surface area contributed by atoms with Crippen molar-refractivity contribution in [3.63, 3.8) is 0 Å². The number of carbonyl (C=O) groups excluding carboxylic acids is 2. The molecule has 2 aromatic carbocycles. The summed E-state index contributed by atoms with van der Waals surface area (Å²) in [6.45, 7) is 1.52. The van der Waals surface area contributed by atoms with E-state index in [0.29, 0.717) is 19.6 Å². The van der Waals surface area contributed by atoms with E-state index >= 15 is 0 Å². The van der Waals surface area contributed by atoms with Crippen molar-refractivity contribution < 1.29 is 14.3 Å². The molecule has 0 bridgehead atoms. The third-order valence-electron chi connectivity index (χ3n) is 8.14. The van der Waals surface area contributed by atoms with Gasteiger partial charge in [0, 0.05) is 31.9 Å². The molecule has 0 atom stereocenters. The molecule has 8 heteroatoms. The summed E-state index contributed by atoms with van der Waals surface area (Å²) in [6.07, 6.45) is 5.13. The Morgan fingerprint density at radius 1 is 1.08 bits per heavy atom. The summed E-state index contributed by atoms with van der Waals surface area (Å²) in [6, 6.07) is 18.4. The summed E-state index contributed by atoms with van der Waals surface area (Å²) in [5.74, 6) is 0.626. The number of nitrogens with zero attached hydrogens (tertiary/aromatic N) is 4. The highest BCUT2D eigenvalue weighted by molar-refractivity contribution is 5.87. The van der Waals surface area contributed by atoms with Crippen LogP contribution in [0.15, 0.2) is 59.6 Å². The maximum Gasteiger partial charge on any atom is 0.321 e. The maximum atomic E-state index is 13.7. The van der Waals surface area contributed by atoms with Crippen molar-refractivity contribution in [1.82, 2.24) is 20.0 Å². The van der Waals surface area contributed by atoms with E-state index < -0.39 is 0 Å². The minimum absolute atomic E-state index is 0.0514. The number of amides is 3. The lowest BCUT2D eigenvalue weighted by Gasteiger charge is -2.50. The first kappa shape index (κ1) is 26.7. The van der Waals surface area contributed by atoms with Crippen molar-refractivity contribution >= 4 is 18.2 Å². The monoisotopic (exact) mass is 505 g/mol. The van der Waals surface area contributed by atoms with Crippen LogP contribution in [0, 0.1) is 0 Å². The van der Waals surface area contributed by atoms with Crippen LogP contribution in [0.25, 0.3) is 0 Å². The van der Waals surface area contributed by atoms with E-state index in [0.717, 1.165) is 37.0 Å². The summed E-state index contributed by atoms with van der Waals surface area (Å²) < 4.78 is 5.28. The number of carbonyl (C=O) groups is 2. The fourth-order valence-electron chi connectivity index (χ4n) is 5.94. The van der Waals surface area contributed by atoms with E-state index in [1.807, 2.05) is 40.1 Å². The molecule has 0 aromatic heterocycles. The smallest absolute Gasteiger partial charge is 0.321 e. The van der Waals surface area contributed by atoms with Gasteiger partial charge >= 0.3 is 6.03 Å². The van der Waals surface area contributed by atoms with Crippen molar-refractivity contribution in [1.29, 1.82) is 0 Å². The third-order valence-corrected chi connectivity index (χ3v) is 8.14. The van der Waals surface area contributed by atoms with Crippen LogP contribution < -0.4 is 10.1 Å². The Morgan fingerprint density at radius 2 is 1.76 bits per heavy atom. The molecular formula is C29H39N5O3. The Morgan fingerprint density at radius 3 is 2.35 bits per heavy atom. The van der Waals surface area contributed by atoms with Crippen LogP contribution in [0.5, 0.6) is 5.75 Å². The molecule has 2 aromatic rings. The zero-order valence-corrected chi connectivity index (χ0v) is 22.4. The second-order valence-electron chi connectivity index (χ2n) is 10.3. The topological polar surface area (TPSA) is 77.5 Å². The molecule has 8 nitrogen and oxygen atoms in total. The number of benzene rings is 2. The zero-order chi connectivity index (χ0) is 26.5. The van der Waals surface area contributed by atoms with Crippen molar-refractivity contribution in [3.05, 3.63) is 65.7 Å². The second-order valence-corrected chi connectivity index (χ2v) is 10.3. The van der Waals surface area contributed by atoms with Gasteiger partial charge < -0.3 is 19.9 Å². The molecule has 1 heterocycles. The summed E-state index contributed by atoms with van der Waals surface area (Å²) >= 11 is 0. The van der Waals surface area contributed by atoms with Crippen LogP contribution in [-0.4, -0.2) is 86.3 Å². The number of aliphatic imine (C=N–C) groups is 1. The molecular weight excluding hydrogens is 466 g/mol. The van der Waals surface area contributed by atoms with Crippen LogP contribution in [0.4, 0.5) is 4.79 Å². The van der Waals surface area contributed by atoms with Crippen molar-refractivity contribution in [2.45, 2.75) is 43.3 Å². The zero-order valence-electron chi connectivity index (χ0n) is 22.4. The summed E-state index contributed by atoms with van der Waals surface area (Å²) in [5, 5.41) is 2.87. The van der Waals surface area contributed by atoms with Gasteiger partial charge in [-0.2, -0.15) is 0 Å². The number of urea groups is 1. The summed E-state index contributed by atoms with van der Waals surface area (Å²) in [5.41, 5.74) is 1.87. The van der Waals surface area contributed by atoms with Crippen LogP contribution in [-0.2, 0) is 16.9 Å². The van der Waals surface area contributed by atoms with E-state index in [1.165, 1.54) is 5.56 Å². The predicted octanol–water partition coefficient (Wildman–Crippen LogP) is 3.52. The quantitative estimate of drug-likeness (QED) is 0.529. The third kappa shape index (κ3) is 5.49. The molecule has 37 heavy (non-hydrogen) atoms. The molecule has 3 amide bonds. The Bertz CT molecular complexity index is 1090.